The molecule has 3 aromatic rings. The van der Waals surface area contributed by atoms with Gasteiger partial charge in [-0.05, 0) is 44.7 Å². The monoisotopic (exact) mass is 359 g/mol. The van der Waals surface area contributed by atoms with Crippen molar-refractivity contribution in [3.63, 3.8) is 0 Å². The third-order valence-electron chi connectivity index (χ3n) is 3.80. The van der Waals surface area contributed by atoms with Crippen molar-refractivity contribution in [1.29, 1.82) is 0 Å². The number of carbonyl (C=O) groups excluding carboxylic acids is 2. The molecule has 0 fully saturated rings. The minimum atomic E-state index is -0.711. The zero-order valence-corrected chi connectivity index (χ0v) is 15.1. The highest BCUT2D eigenvalue weighted by atomic mass is 32.1. The fraction of sp³-hybridized carbons (Fsp3) is 0.294. The molecule has 0 aromatic carbocycles. The fourth-order valence-corrected chi connectivity index (χ4v) is 3.29. The summed E-state index contributed by atoms with van der Waals surface area (Å²) in [6.45, 7) is 6.57. The molecule has 0 bridgehead atoms. The molecule has 0 saturated heterocycles. The number of rotatable bonds is 5. The van der Waals surface area contributed by atoms with E-state index in [4.69, 9.17) is 9.15 Å². The lowest BCUT2D eigenvalue weighted by molar-refractivity contribution is 0.0272. The van der Waals surface area contributed by atoms with Gasteiger partial charge in [-0.15, -0.1) is 21.5 Å². The summed E-state index contributed by atoms with van der Waals surface area (Å²) in [5, 5.41) is 9.82. The lowest BCUT2D eigenvalue weighted by Gasteiger charge is -2.09. The van der Waals surface area contributed by atoms with Crippen molar-refractivity contribution in [3.05, 3.63) is 45.9 Å². The maximum atomic E-state index is 12.4. The summed E-state index contributed by atoms with van der Waals surface area (Å²) >= 11 is 1.48. The summed E-state index contributed by atoms with van der Waals surface area (Å²) in [5.41, 5.74) is 1.99. The van der Waals surface area contributed by atoms with Gasteiger partial charge < -0.3 is 14.1 Å². The zero-order valence-electron chi connectivity index (χ0n) is 14.2. The summed E-state index contributed by atoms with van der Waals surface area (Å²) in [6.07, 6.45) is -0.711. The maximum Gasteiger partial charge on any atom is 0.355 e. The van der Waals surface area contributed by atoms with E-state index in [-0.39, 0.29) is 17.4 Å². The van der Waals surface area contributed by atoms with E-state index in [1.165, 1.54) is 18.3 Å². The summed E-state index contributed by atoms with van der Waals surface area (Å²) in [4.78, 5) is 27.9. The van der Waals surface area contributed by atoms with Crippen LogP contribution in [0.4, 0.5) is 0 Å². The summed E-state index contributed by atoms with van der Waals surface area (Å²) < 4.78 is 11.0. The maximum absolute atomic E-state index is 12.4. The molecule has 25 heavy (non-hydrogen) atoms. The summed E-state index contributed by atoms with van der Waals surface area (Å²) in [5.74, 6) is -0.0737. The molecule has 1 N–H and O–H groups in total. The van der Waals surface area contributed by atoms with Gasteiger partial charge in [0.2, 0.25) is 0 Å². The predicted octanol–water partition coefficient (Wildman–Crippen LogP) is 3.86. The van der Waals surface area contributed by atoms with Crippen LogP contribution in [0, 0.1) is 13.8 Å². The number of ether oxygens (including phenoxy) is 1. The molecule has 0 radical (unpaired) electrons. The van der Waals surface area contributed by atoms with Gasteiger partial charge in [0.15, 0.2) is 11.9 Å². The van der Waals surface area contributed by atoms with Crippen molar-refractivity contribution in [2.24, 2.45) is 0 Å². The van der Waals surface area contributed by atoms with Crippen LogP contribution in [0.1, 0.15) is 57.9 Å². The van der Waals surface area contributed by atoms with E-state index in [1.807, 2.05) is 17.5 Å². The normalized spacial score (nSPS) is 12.2. The van der Waals surface area contributed by atoms with Crippen LogP contribution in [0.25, 0.3) is 10.8 Å². The van der Waals surface area contributed by atoms with Crippen molar-refractivity contribution in [3.8, 4) is 10.8 Å². The first-order valence-corrected chi connectivity index (χ1v) is 8.54. The Hall–Kier alpha value is -2.74. The Morgan fingerprint density at radius 3 is 2.68 bits per heavy atom. The Bertz CT molecular complexity index is 924. The molecule has 1 atom stereocenters. The van der Waals surface area contributed by atoms with Crippen LogP contribution in [-0.4, -0.2) is 26.9 Å². The number of esters is 1. The largest absolute Gasteiger partial charge is 0.448 e. The number of H-pyrrole nitrogens is 1. The van der Waals surface area contributed by atoms with Gasteiger partial charge in [-0.1, -0.05) is 6.07 Å². The number of hydrogen-bond acceptors (Lipinski definition) is 7. The van der Waals surface area contributed by atoms with E-state index in [2.05, 4.69) is 15.2 Å². The second-order valence-corrected chi connectivity index (χ2v) is 6.60. The number of nitrogens with one attached hydrogen (secondary N) is 1. The van der Waals surface area contributed by atoms with E-state index < -0.39 is 12.1 Å². The van der Waals surface area contributed by atoms with Crippen LogP contribution in [0.3, 0.4) is 0 Å². The number of nitrogens with zero attached hydrogens (tertiary/aromatic N) is 2. The molecule has 1 unspecified atom stereocenters. The number of aryl methyl sites for hydroxylation is 1. The van der Waals surface area contributed by atoms with Gasteiger partial charge >= 0.3 is 5.97 Å². The summed E-state index contributed by atoms with van der Waals surface area (Å²) in [6, 6.07) is 3.75. The molecular formula is C17H17N3O4S. The van der Waals surface area contributed by atoms with Gasteiger partial charge in [-0.2, -0.15) is 0 Å². The Labute approximate surface area is 148 Å². The minimum absolute atomic E-state index is 0.101. The van der Waals surface area contributed by atoms with E-state index in [9.17, 15) is 9.59 Å². The quantitative estimate of drug-likeness (QED) is 0.548. The van der Waals surface area contributed by atoms with Gasteiger partial charge in [0.25, 0.3) is 11.8 Å². The lowest BCUT2D eigenvalue weighted by Crippen LogP contribution is -2.11. The Morgan fingerprint density at radius 2 is 2.08 bits per heavy atom. The van der Waals surface area contributed by atoms with Crippen LogP contribution in [0.5, 0.6) is 0 Å². The van der Waals surface area contributed by atoms with Crippen molar-refractivity contribution < 1.29 is 18.7 Å². The van der Waals surface area contributed by atoms with Gasteiger partial charge in [-0.3, -0.25) is 4.79 Å². The molecule has 3 aromatic heterocycles. The molecule has 0 aliphatic heterocycles. The van der Waals surface area contributed by atoms with E-state index in [1.54, 1.807) is 20.8 Å². The molecular weight excluding hydrogens is 342 g/mol. The highest BCUT2D eigenvalue weighted by Crippen LogP contribution is 2.27. The molecule has 130 valence electrons. The van der Waals surface area contributed by atoms with Crippen LogP contribution >= 0.6 is 11.3 Å². The van der Waals surface area contributed by atoms with Gasteiger partial charge in [0.05, 0.1) is 4.88 Å². The van der Waals surface area contributed by atoms with Gasteiger partial charge in [0, 0.05) is 11.3 Å². The molecule has 7 nitrogen and oxygen atoms in total. The van der Waals surface area contributed by atoms with Crippen LogP contribution in [0.15, 0.2) is 21.9 Å². The van der Waals surface area contributed by atoms with Crippen LogP contribution in [-0.2, 0) is 4.74 Å². The summed E-state index contributed by atoms with van der Waals surface area (Å²) in [7, 11) is 0. The molecule has 0 spiro atoms. The minimum Gasteiger partial charge on any atom is -0.448 e. The predicted molar refractivity (Wildman–Crippen MR) is 91.7 cm³/mol. The van der Waals surface area contributed by atoms with E-state index in [0.717, 1.165) is 4.88 Å². The second-order valence-electron chi connectivity index (χ2n) is 5.65. The topological polar surface area (TPSA) is 98.1 Å². The molecule has 0 amide bonds. The van der Waals surface area contributed by atoms with Crippen molar-refractivity contribution in [2.45, 2.75) is 33.8 Å². The standard InChI is InChI=1S/C17H17N3O4S/c1-8-13(10(3)21)9(2)18-14(8)17(22)23-11(4)15-19-20-16(24-15)12-6-5-7-25-12/h5-7,11,18H,1-4H3. The fourth-order valence-electron chi connectivity index (χ4n) is 2.65. The van der Waals surface area contributed by atoms with Crippen molar-refractivity contribution in [1.82, 2.24) is 15.2 Å². The van der Waals surface area contributed by atoms with E-state index >= 15 is 0 Å². The van der Waals surface area contributed by atoms with Crippen LogP contribution < -0.4 is 0 Å². The smallest absolute Gasteiger partial charge is 0.355 e. The second kappa shape index (κ2) is 6.64. The van der Waals surface area contributed by atoms with E-state index in [0.29, 0.717) is 22.7 Å². The van der Waals surface area contributed by atoms with Crippen molar-refractivity contribution >= 4 is 23.1 Å². The zero-order chi connectivity index (χ0) is 18.1. The number of aromatic nitrogens is 3. The Balaban J connectivity index is 1.77. The average Bonchev–Trinajstić information content (AvgIpc) is 3.25. The lowest BCUT2D eigenvalue weighted by atomic mass is 10.1. The molecule has 0 aliphatic carbocycles. The number of thiophene rings is 1. The highest BCUT2D eigenvalue weighted by molar-refractivity contribution is 7.13. The SMILES string of the molecule is CC(=O)c1c(C)[nH]c(C(=O)OC(C)c2nnc(-c3cccs3)o2)c1C. The molecule has 8 heteroatoms. The van der Waals surface area contributed by atoms with Gasteiger partial charge in [0.1, 0.15) is 5.69 Å². The molecule has 3 heterocycles. The number of carbonyl (C=O) groups is 2. The van der Waals surface area contributed by atoms with Crippen LogP contribution in [0.2, 0.25) is 0 Å². The number of aromatic amines is 1. The molecule has 3 rings (SSSR count). The number of ketones is 1. The third kappa shape index (κ3) is 3.25. The molecule has 0 saturated carbocycles. The first kappa shape index (κ1) is 17.1. The van der Waals surface area contributed by atoms with Crippen molar-refractivity contribution in [2.75, 3.05) is 0 Å². The first-order valence-electron chi connectivity index (χ1n) is 7.66. The molecule has 0 aliphatic rings. The number of hydrogen-bond donors (Lipinski definition) is 1. The Kier molecular flexibility index (Phi) is 4.54. The Morgan fingerprint density at radius 1 is 1.32 bits per heavy atom. The average molecular weight is 359 g/mol. The first-order chi connectivity index (χ1) is 11.9. The van der Waals surface area contributed by atoms with Gasteiger partial charge in [-0.25, -0.2) is 4.79 Å². The third-order valence-corrected chi connectivity index (χ3v) is 4.66. The number of Topliss-reactive ketones (excluding diaryl/α,β-unsaturated/α-hetero) is 1. The highest BCUT2D eigenvalue weighted by Gasteiger charge is 2.25.